The quantitative estimate of drug-likeness (QED) is 0.141. The van der Waals surface area contributed by atoms with Crippen molar-refractivity contribution in [2.45, 2.75) is 0 Å². The van der Waals surface area contributed by atoms with Crippen molar-refractivity contribution in [1.29, 1.82) is 0 Å². The lowest BCUT2D eigenvalue weighted by atomic mass is 9.96. The van der Waals surface area contributed by atoms with Gasteiger partial charge >= 0.3 is 0 Å². The molecule has 7 aromatic carbocycles. The number of hydrogen-bond donors (Lipinski definition) is 0. The molecule has 0 bridgehead atoms. The molecule has 0 saturated heterocycles. The molecule has 0 unspecified atom stereocenters. The summed E-state index contributed by atoms with van der Waals surface area (Å²) in [6.45, 7) is 0. The highest BCUT2D eigenvalue weighted by molar-refractivity contribution is 6.33. The van der Waals surface area contributed by atoms with Gasteiger partial charge in [-0.1, -0.05) is 115 Å². The van der Waals surface area contributed by atoms with Crippen LogP contribution in [0.5, 0.6) is 0 Å². The van der Waals surface area contributed by atoms with Gasteiger partial charge < -0.3 is 8.97 Å². The minimum absolute atomic E-state index is 0.686. The van der Waals surface area contributed by atoms with Crippen LogP contribution in [-0.4, -0.2) is 23.3 Å². The summed E-state index contributed by atoms with van der Waals surface area (Å²) in [6, 6.07) is 54.9. The highest BCUT2D eigenvalue weighted by atomic mass is 15.1. The molecule has 0 spiro atoms. The fourth-order valence-corrected chi connectivity index (χ4v) is 8.81. The summed E-state index contributed by atoms with van der Waals surface area (Å²) in [5.41, 5.74) is 11.3. The van der Waals surface area contributed by atoms with E-state index in [1.807, 2.05) is 18.3 Å². The zero-order valence-corrected chi connectivity index (χ0v) is 27.3. The van der Waals surface area contributed by atoms with E-state index in [1.54, 1.807) is 6.20 Å². The fourth-order valence-electron chi connectivity index (χ4n) is 8.81. The van der Waals surface area contributed by atoms with Crippen LogP contribution in [0.15, 0.2) is 164 Å². The van der Waals surface area contributed by atoms with Crippen molar-refractivity contribution in [3.63, 3.8) is 0 Å². The molecule has 5 nitrogen and oxygen atoms in total. The standard InChI is InChI=1S/C46H27N5/c1-2-11-29(12-3-1)44-43(48-46-47-25-10-26-49(44)46)28-21-23-30(24-22-28)50-38-20-7-5-14-35(38)42-36-18-8-15-32-34-17-9-16-33-31-13-4-6-19-37(31)51(45(33)34)40(41(32)36)27-39(42)50/h1-27H. The van der Waals surface area contributed by atoms with Crippen molar-refractivity contribution < 1.29 is 0 Å². The maximum atomic E-state index is 5.02. The van der Waals surface area contributed by atoms with E-state index < -0.39 is 0 Å². The molecule has 0 amide bonds. The summed E-state index contributed by atoms with van der Waals surface area (Å²) in [6.07, 6.45) is 3.84. The Balaban J connectivity index is 1.16. The molecule has 5 heteroatoms. The maximum Gasteiger partial charge on any atom is 0.234 e. The van der Waals surface area contributed by atoms with Crippen LogP contribution in [0.3, 0.4) is 0 Å². The van der Waals surface area contributed by atoms with E-state index in [0.717, 1.165) is 28.2 Å². The van der Waals surface area contributed by atoms with Gasteiger partial charge in [-0.3, -0.25) is 4.40 Å². The monoisotopic (exact) mass is 649 g/mol. The Bertz CT molecular complexity index is 3350. The molecule has 0 aliphatic heterocycles. The molecule has 5 aromatic heterocycles. The predicted octanol–water partition coefficient (Wildman–Crippen LogP) is 11.5. The molecule has 0 N–H and O–H groups in total. The number of benzene rings is 7. The van der Waals surface area contributed by atoms with Crippen molar-refractivity contribution in [3.05, 3.63) is 164 Å². The lowest BCUT2D eigenvalue weighted by molar-refractivity contribution is 1.11. The summed E-state index contributed by atoms with van der Waals surface area (Å²) in [5, 5.41) is 10.3. The first-order valence-electron chi connectivity index (χ1n) is 17.3. The Hall–Kier alpha value is -6.98. The van der Waals surface area contributed by atoms with Crippen molar-refractivity contribution in [2.75, 3.05) is 0 Å². The van der Waals surface area contributed by atoms with Crippen LogP contribution in [-0.2, 0) is 0 Å². The van der Waals surface area contributed by atoms with Crippen molar-refractivity contribution in [1.82, 2.24) is 23.3 Å². The van der Waals surface area contributed by atoms with Crippen molar-refractivity contribution in [3.8, 4) is 28.2 Å². The normalized spacial score (nSPS) is 12.3. The first-order valence-corrected chi connectivity index (χ1v) is 17.3. The van der Waals surface area contributed by atoms with Gasteiger partial charge in [-0.2, -0.15) is 0 Å². The van der Waals surface area contributed by atoms with Crippen molar-refractivity contribution in [2.24, 2.45) is 0 Å². The van der Waals surface area contributed by atoms with Gasteiger partial charge in [0.2, 0.25) is 5.78 Å². The van der Waals surface area contributed by atoms with Gasteiger partial charge in [-0.05, 0) is 47.2 Å². The van der Waals surface area contributed by atoms with Gasteiger partial charge in [-0.15, -0.1) is 0 Å². The Morgan fingerprint density at radius 3 is 1.96 bits per heavy atom. The number of nitrogens with zero attached hydrogens (tertiary/aromatic N) is 5. The van der Waals surface area contributed by atoms with E-state index in [1.165, 1.54) is 70.7 Å². The lowest BCUT2D eigenvalue weighted by Gasteiger charge is -2.15. The summed E-state index contributed by atoms with van der Waals surface area (Å²) in [7, 11) is 0. The van der Waals surface area contributed by atoms with Gasteiger partial charge in [0.25, 0.3) is 0 Å². The minimum atomic E-state index is 0.686. The lowest BCUT2D eigenvalue weighted by Crippen LogP contribution is -1.97. The summed E-state index contributed by atoms with van der Waals surface area (Å²) < 4.78 is 7.02. The molecule has 0 aliphatic rings. The summed E-state index contributed by atoms with van der Waals surface area (Å²) in [5.74, 6) is 0.686. The summed E-state index contributed by atoms with van der Waals surface area (Å²) >= 11 is 0. The number of fused-ring (bicyclic) bond motifs is 10. The number of imidazole rings is 1. The molecule has 0 fully saturated rings. The largest absolute Gasteiger partial charge is 0.309 e. The van der Waals surface area contributed by atoms with E-state index in [0.29, 0.717) is 5.78 Å². The van der Waals surface area contributed by atoms with Gasteiger partial charge in [0.1, 0.15) is 0 Å². The van der Waals surface area contributed by atoms with Crippen LogP contribution in [0.25, 0.3) is 105 Å². The zero-order chi connectivity index (χ0) is 33.2. The average Bonchev–Trinajstić information content (AvgIpc) is 3.86. The number of pyridine rings is 1. The molecular formula is C46H27N5. The first kappa shape index (κ1) is 26.9. The van der Waals surface area contributed by atoms with Crippen LogP contribution < -0.4 is 0 Å². The third-order valence-corrected chi connectivity index (χ3v) is 10.9. The molecule has 51 heavy (non-hydrogen) atoms. The third kappa shape index (κ3) is 3.49. The Morgan fingerprint density at radius 2 is 1.12 bits per heavy atom. The zero-order valence-electron chi connectivity index (χ0n) is 27.3. The second-order valence-corrected chi connectivity index (χ2v) is 13.4. The first-order chi connectivity index (χ1) is 25.3. The molecule has 5 heterocycles. The molecule has 0 saturated carbocycles. The SMILES string of the molecule is c1ccc(-c2c(-c3ccc(-n4c5ccccc5c5c6cccc7c8cccc9c%10ccccc%10n(c(cc54)c76)c89)cc3)nc3ncccn23)cc1. The van der Waals surface area contributed by atoms with E-state index in [2.05, 4.69) is 158 Å². The number of rotatable bonds is 3. The Labute approximate surface area is 291 Å². The van der Waals surface area contributed by atoms with Gasteiger partial charge in [0, 0.05) is 61.5 Å². The van der Waals surface area contributed by atoms with Crippen LogP contribution in [0, 0.1) is 0 Å². The van der Waals surface area contributed by atoms with Crippen LogP contribution in [0.2, 0.25) is 0 Å². The van der Waals surface area contributed by atoms with E-state index in [9.17, 15) is 0 Å². The molecule has 0 aliphatic carbocycles. The molecule has 236 valence electrons. The predicted molar refractivity (Wildman–Crippen MR) is 210 cm³/mol. The van der Waals surface area contributed by atoms with E-state index in [-0.39, 0.29) is 0 Å². The van der Waals surface area contributed by atoms with Crippen molar-refractivity contribution >= 4 is 76.5 Å². The average molecular weight is 650 g/mol. The topological polar surface area (TPSA) is 39.5 Å². The van der Waals surface area contributed by atoms with Crippen LogP contribution >= 0.6 is 0 Å². The highest BCUT2D eigenvalue weighted by Crippen LogP contribution is 2.45. The van der Waals surface area contributed by atoms with Gasteiger partial charge in [-0.25, -0.2) is 9.97 Å². The Morgan fingerprint density at radius 1 is 0.451 bits per heavy atom. The summed E-state index contributed by atoms with van der Waals surface area (Å²) in [4.78, 5) is 9.60. The number of para-hydroxylation sites is 3. The van der Waals surface area contributed by atoms with Crippen LogP contribution in [0.4, 0.5) is 0 Å². The molecular weight excluding hydrogens is 623 g/mol. The second-order valence-electron chi connectivity index (χ2n) is 13.4. The third-order valence-electron chi connectivity index (χ3n) is 10.9. The molecule has 0 atom stereocenters. The number of aromatic nitrogens is 5. The molecule has 12 aromatic rings. The Kier molecular flexibility index (Phi) is 5.17. The van der Waals surface area contributed by atoms with Gasteiger partial charge in [0.05, 0.1) is 39.0 Å². The van der Waals surface area contributed by atoms with Crippen LogP contribution in [0.1, 0.15) is 0 Å². The highest BCUT2D eigenvalue weighted by Gasteiger charge is 2.22. The minimum Gasteiger partial charge on any atom is -0.309 e. The second kappa shape index (κ2) is 9.80. The molecule has 12 rings (SSSR count). The maximum absolute atomic E-state index is 5.02. The number of hydrogen-bond acceptors (Lipinski definition) is 2. The van der Waals surface area contributed by atoms with E-state index in [4.69, 9.17) is 4.98 Å². The van der Waals surface area contributed by atoms with E-state index >= 15 is 0 Å². The van der Waals surface area contributed by atoms with Gasteiger partial charge in [0.15, 0.2) is 0 Å². The molecule has 0 radical (unpaired) electrons. The fraction of sp³-hybridized carbons (Fsp3) is 0. The smallest absolute Gasteiger partial charge is 0.234 e.